The number of anilines is 1. The lowest BCUT2D eigenvalue weighted by molar-refractivity contribution is 0.415. The number of benzene rings is 1. The van der Waals surface area contributed by atoms with Crippen LogP contribution in [0.3, 0.4) is 0 Å². The van der Waals surface area contributed by atoms with E-state index in [1.807, 2.05) is 36.0 Å². The van der Waals surface area contributed by atoms with Gasteiger partial charge in [-0.1, -0.05) is 12.1 Å². The summed E-state index contributed by atoms with van der Waals surface area (Å²) in [4.78, 5) is 6.69. The van der Waals surface area contributed by atoms with Gasteiger partial charge in [0.2, 0.25) is 0 Å². The Hall–Kier alpha value is -1.97. The van der Waals surface area contributed by atoms with Crippen molar-refractivity contribution in [2.75, 3.05) is 32.1 Å². The Bertz CT molecular complexity index is 732. The van der Waals surface area contributed by atoms with Crippen LogP contribution in [-0.2, 0) is 13.6 Å². The fraction of sp³-hybridized carbons (Fsp3) is 0.444. The molecule has 1 saturated heterocycles. The molecule has 3 rings (SSSR count). The Balaban J connectivity index is 0.00000243. The highest BCUT2D eigenvalue weighted by atomic mass is 127. The Kier molecular flexibility index (Phi) is 7.55. The predicted molar refractivity (Wildman–Crippen MR) is 116 cm³/mol. The Morgan fingerprint density at radius 2 is 2.15 bits per heavy atom. The molecule has 2 heterocycles. The summed E-state index contributed by atoms with van der Waals surface area (Å²) < 4.78 is 7.34. The van der Waals surface area contributed by atoms with Crippen molar-refractivity contribution < 1.29 is 4.74 Å². The number of nitrogens with zero attached hydrogens (tertiary/aromatic N) is 4. The SMILES string of the molecule is CN=C(NCc1ccnn1C)NC1CCN(c2ccccc2OC)C1.I. The van der Waals surface area contributed by atoms with Crippen molar-refractivity contribution in [3.05, 3.63) is 42.2 Å². The van der Waals surface area contributed by atoms with Gasteiger partial charge in [-0.05, 0) is 24.6 Å². The van der Waals surface area contributed by atoms with E-state index >= 15 is 0 Å². The summed E-state index contributed by atoms with van der Waals surface area (Å²) in [5.74, 6) is 1.73. The number of hydrogen-bond donors (Lipinski definition) is 2. The summed E-state index contributed by atoms with van der Waals surface area (Å²) in [6.45, 7) is 2.61. The van der Waals surface area contributed by atoms with Gasteiger partial charge in [-0.3, -0.25) is 9.67 Å². The van der Waals surface area contributed by atoms with Crippen molar-refractivity contribution in [3.63, 3.8) is 0 Å². The molecule has 142 valence electrons. The van der Waals surface area contributed by atoms with Crippen LogP contribution in [-0.4, -0.2) is 49.0 Å². The summed E-state index contributed by atoms with van der Waals surface area (Å²) in [6, 6.07) is 10.5. The minimum absolute atomic E-state index is 0. The van der Waals surface area contributed by atoms with E-state index in [-0.39, 0.29) is 24.0 Å². The molecule has 0 bridgehead atoms. The van der Waals surface area contributed by atoms with Crippen LogP contribution in [0.15, 0.2) is 41.5 Å². The first-order chi connectivity index (χ1) is 12.2. The zero-order valence-corrected chi connectivity index (χ0v) is 17.8. The van der Waals surface area contributed by atoms with Crippen molar-refractivity contribution in [1.82, 2.24) is 20.4 Å². The smallest absolute Gasteiger partial charge is 0.191 e. The number of rotatable bonds is 5. The molecular formula is C18H27IN6O. The van der Waals surface area contributed by atoms with E-state index in [0.717, 1.165) is 42.6 Å². The highest BCUT2D eigenvalue weighted by Crippen LogP contribution is 2.30. The van der Waals surface area contributed by atoms with Gasteiger partial charge in [-0.2, -0.15) is 5.10 Å². The Morgan fingerprint density at radius 1 is 1.35 bits per heavy atom. The Labute approximate surface area is 171 Å². The lowest BCUT2D eigenvalue weighted by atomic mass is 10.2. The van der Waals surface area contributed by atoms with Gasteiger partial charge < -0.3 is 20.3 Å². The van der Waals surface area contributed by atoms with Gasteiger partial charge in [0.25, 0.3) is 0 Å². The third kappa shape index (κ3) is 4.80. The molecule has 1 aromatic carbocycles. The van der Waals surface area contributed by atoms with Gasteiger partial charge in [0, 0.05) is 39.4 Å². The quantitative estimate of drug-likeness (QED) is 0.398. The van der Waals surface area contributed by atoms with Crippen LogP contribution in [0.5, 0.6) is 5.75 Å². The maximum atomic E-state index is 5.48. The van der Waals surface area contributed by atoms with Crippen LogP contribution in [0.25, 0.3) is 0 Å². The highest BCUT2D eigenvalue weighted by molar-refractivity contribution is 14.0. The molecule has 8 heteroatoms. The van der Waals surface area contributed by atoms with Crippen LogP contribution in [0, 0.1) is 0 Å². The number of aromatic nitrogens is 2. The number of para-hydroxylation sites is 2. The van der Waals surface area contributed by atoms with Crippen molar-refractivity contribution in [3.8, 4) is 5.75 Å². The second-order valence-electron chi connectivity index (χ2n) is 6.12. The van der Waals surface area contributed by atoms with Crippen molar-refractivity contribution >= 4 is 35.6 Å². The van der Waals surface area contributed by atoms with Gasteiger partial charge in [-0.15, -0.1) is 24.0 Å². The van der Waals surface area contributed by atoms with Crippen LogP contribution >= 0.6 is 24.0 Å². The van der Waals surface area contributed by atoms with E-state index in [0.29, 0.717) is 12.6 Å². The zero-order valence-electron chi connectivity index (χ0n) is 15.5. The summed E-state index contributed by atoms with van der Waals surface area (Å²) in [7, 11) is 5.45. The van der Waals surface area contributed by atoms with E-state index < -0.39 is 0 Å². The second kappa shape index (κ2) is 9.65. The molecule has 1 aromatic heterocycles. The van der Waals surface area contributed by atoms with E-state index in [1.54, 1.807) is 20.4 Å². The molecule has 0 radical (unpaired) electrons. The molecule has 26 heavy (non-hydrogen) atoms. The molecule has 0 saturated carbocycles. The average molecular weight is 470 g/mol. The highest BCUT2D eigenvalue weighted by Gasteiger charge is 2.25. The van der Waals surface area contributed by atoms with Crippen LogP contribution in [0.4, 0.5) is 5.69 Å². The minimum Gasteiger partial charge on any atom is -0.495 e. The summed E-state index contributed by atoms with van der Waals surface area (Å²) in [5, 5.41) is 11.0. The van der Waals surface area contributed by atoms with Gasteiger partial charge in [0.1, 0.15) is 5.75 Å². The molecule has 1 fully saturated rings. The van der Waals surface area contributed by atoms with E-state index in [9.17, 15) is 0 Å². The number of aliphatic imine (C=N–C) groups is 1. The monoisotopic (exact) mass is 470 g/mol. The normalized spacial score (nSPS) is 17.0. The van der Waals surface area contributed by atoms with E-state index in [1.165, 1.54) is 0 Å². The molecule has 0 amide bonds. The zero-order chi connectivity index (χ0) is 17.6. The topological polar surface area (TPSA) is 66.7 Å². The van der Waals surface area contributed by atoms with E-state index in [2.05, 4.69) is 31.7 Å². The standard InChI is InChI=1S/C18H26N6O.HI/c1-19-18(20-12-15-8-10-21-23(15)2)22-14-9-11-24(13-14)16-6-4-5-7-17(16)25-3;/h4-8,10,14H,9,11-13H2,1-3H3,(H2,19,20,22);1H. The van der Waals surface area contributed by atoms with Crippen LogP contribution < -0.4 is 20.3 Å². The number of methoxy groups -OCH3 is 1. The van der Waals surface area contributed by atoms with Crippen molar-refractivity contribution in [2.45, 2.75) is 19.0 Å². The molecule has 1 aliphatic heterocycles. The van der Waals surface area contributed by atoms with Crippen molar-refractivity contribution in [1.29, 1.82) is 0 Å². The molecular weight excluding hydrogens is 443 g/mol. The fourth-order valence-electron chi connectivity index (χ4n) is 3.12. The number of nitrogens with one attached hydrogen (secondary N) is 2. The maximum absolute atomic E-state index is 5.48. The maximum Gasteiger partial charge on any atom is 0.191 e. The minimum atomic E-state index is 0. The predicted octanol–water partition coefficient (Wildman–Crippen LogP) is 1.99. The molecule has 2 N–H and O–H groups in total. The van der Waals surface area contributed by atoms with Gasteiger partial charge >= 0.3 is 0 Å². The van der Waals surface area contributed by atoms with Crippen LogP contribution in [0.2, 0.25) is 0 Å². The van der Waals surface area contributed by atoms with Crippen LogP contribution in [0.1, 0.15) is 12.1 Å². The molecule has 7 nitrogen and oxygen atoms in total. The number of guanidine groups is 1. The molecule has 1 aliphatic rings. The lowest BCUT2D eigenvalue weighted by Gasteiger charge is -2.22. The largest absolute Gasteiger partial charge is 0.495 e. The third-order valence-electron chi connectivity index (χ3n) is 4.54. The number of hydrogen-bond acceptors (Lipinski definition) is 4. The van der Waals surface area contributed by atoms with Gasteiger partial charge in [0.05, 0.1) is 25.0 Å². The Morgan fingerprint density at radius 3 is 2.85 bits per heavy atom. The fourth-order valence-corrected chi connectivity index (χ4v) is 3.12. The van der Waals surface area contributed by atoms with Gasteiger partial charge in [-0.25, -0.2) is 0 Å². The molecule has 1 atom stereocenters. The number of aryl methyl sites for hydroxylation is 1. The summed E-state index contributed by atoms with van der Waals surface area (Å²) in [5.41, 5.74) is 2.26. The first-order valence-corrected chi connectivity index (χ1v) is 8.53. The molecule has 0 spiro atoms. The first kappa shape index (κ1) is 20.3. The molecule has 2 aromatic rings. The second-order valence-corrected chi connectivity index (χ2v) is 6.12. The third-order valence-corrected chi connectivity index (χ3v) is 4.54. The lowest BCUT2D eigenvalue weighted by Crippen LogP contribution is -2.44. The average Bonchev–Trinajstić information content (AvgIpc) is 3.27. The summed E-state index contributed by atoms with van der Waals surface area (Å²) >= 11 is 0. The van der Waals surface area contributed by atoms with E-state index in [4.69, 9.17) is 4.74 Å². The molecule has 1 unspecified atom stereocenters. The summed E-state index contributed by atoms with van der Waals surface area (Å²) in [6.07, 6.45) is 2.86. The van der Waals surface area contributed by atoms with Crippen molar-refractivity contribution in [2.24, 2.45) is 12.0 Å². The van der Waals surface area contributed by atoms with Gasteiger partial charge in [0.15, 0.2) is 5.96 Å². The molecule has 0 aliphatic carbocycles. The first-order valence-electron chi connectivity index (χ1n) is 8.53. The number of halogens is 1. The number of ether oxygens (including phenoxy) is 1.